The number of amides is 1. The number of nitrogens with one attached hydrogen (secondary N) is 1. The molecule has 1 aliphatic heterocycles. The zero-order valence-corrected chi connectivity index (χ0v) is 10.5. The molecule has 0 aliphatic carbocycles. The van der Waals surface area contributed by atoms with Gasteiger partial charge in [0.1, 0.15) is 5.01 Å². The lowest BCUT2D eigenvalue weighted by Gasteiger charge is -2.26. The summed E-state index contributed by atoms with van der Waals surface area (Å²) in [6.45, 7) is 4.23. The van der Waals surface area contributed by atoms with E-state index in [0.29, 0.717) is 26.2 Å². The highest BCUT2D eigenvalue weighted by Gasteiger charge is 2.15. The van der Waals surface area contributed by atoms with Crippen LogP contribution < -0.4 is 5.32 Å². The first-order chi connectivity index (χ1) is 8.36. The molecule has 5 nitrogen and oxygen atoms in total. The molecule has 0 radical (unpaired) electrons. The lowest BCUT2D eigenvalue weighted by molar-refractivity contribution is -0.135. The van der Waals surface area contributed by atoms with Crippen LogP contribution in [0.5, 0.6) is 0 Å². The molecular weight excluding hydrogens is 238 g/mol. The molecule has 1 fully saturated rings. The smallest absolute Gasteiger partial charge is 0.224 e. The molecule has 2 rings (SSSR count). The minimum absolute atomic E-state index is 0.208. The highest BCUT2D eigenvalue weighted by atomic mass is 32.1. The Morgan fingerprint density at radius 1 is 1.53 bits per heavy atom. The van der Waals surface area contributed by atoms with Gasteiger partial charge in [-0.25, -0.2) is 4.98 Å². The van der Waals surface area contributed by atoms with Crippen molar-refractivity contribution in [1.82, 2.24) is 15.2 Å². The molecule has 1 saturated heterocycles. The van der Waals surface area contributed by atoms with E-state index in [1.54, 1.807) is 17.5 Å². The fraction of sp³-hybridized carbons (Fsp3) is 0.636. The van der Waals surface area contributed by atoms with Crippen LogP contribution in [0.25, 0.3) is 0 Å². The quantitative estimate of drug-likeness (QED) is 0.778. The lowest BCUT2D eigenvalue weighted by atomic mass is 10.3. The number of hydrogen-bond donors (Lipinski definition) is 1. The van der Waals surface area contributed by atoms with Crippen molar-refractivity contribution in [2.24, 2.45) is 0 Å². The van der Waals surface area contributed by atoms with Gasteiger partial charge in [-0.15, -0.1) is 11.3 Å². The zero-order chi connectivity index (χ0) is 11.9. The Hall–Kier alpha value is -0.980. The second-order valence-corrected chi connectivity index (χ2v) is 4.82. The first-order valence-corrected chi connectivity index (χ1v) is 6.69. The van der Waals surface area contributed by atoms with Crippen LogP contribution in [0.1, 0.15) is 11.4 Å². The van der Waals surface area contributed by atoms with Gasteiger partial charge in [-0.1, -0.05) is 0 Å². The largest absolute Gasteiger partial charge is 0.378 e. The summed E-state index contributed by atoms with van der Waals surface area (Å²) in [5.74, 6) is 0.208. The summed E-state index contributed by atoms with van der Waals surface area (Å²) in [6, 6.07) is 0. The molecule has 6 heteroatoms. The van der Waals surface area contributed by atoms with E-state index < -0.39 is 0 Å². The van der Waals surface area contributed by atoms with Crippen LogP contribution in [0.15, 0.2) is 11.6 Å². The molecule has 1 N–H and O–H groups in total. The number of hydrogen-bond acceptors (Lipinski definition) is 5. The molecule has 1 amide bonds. The second-order valence-electron chi connectivity index (χ2n) is 3.85. The van der Waals surface area contributed by atoms with E-state index >= 15 is 0 Å². The van der Waals surface area contributed by atoms with Gasteiger partial charge >= 0.3 is 0 Å². The van der Waals surface area contributed by atoms with Gasteiger partial charge in [0.05, 0.1) is 13.2 Å². The maximum atomic E-state index is 11.8. The summed E-state index contributed by atoms with van der Waals surface area (Å²) in [5.41, 5.74) is 0. The van der Waals surface area contributed by atoms with Crippen molar-refractivity contribution < 1.29 is 9.53 Å². The number of aromatic nitrogens is 1. The molecule has 17 heavy (non-hydrogen) atoms. The Bertz CT molecular complexity index is 336. The van der Waals surface area contributed by atoms with E-state index in [4.69, 9.17) is 4.74 Å². The number of carbonyl (C=O) groups is 1. The third-order valence-electron chi connectivity index (χ3n) is 2.64. The summed E-state index contributed by atoms with van der Waals surface area (Å²) in [5, 5.41) is 6.24. The molecule has 0 unspecified atom stereocenters. The van der Waals surface area contributed by atoms with Crippen molar-refractivity contribution in [3.8, 4) is 0 Å². The molecule has 0 spiro atoms. The van der Waals surface area contributed by atoms with Crippen LogP contribution in [0.2, 0.25) is 0 Å². The summed E-state index contributed by atoms with van der Waals surface area (Å²) in [7, 11) is 0. The van der Waals surface area contributed by atoms with E-state index in [1.165, 1.54) is 0 Å². The predicted octanol–water partition coefficient (Wildman–Crippen LogP) is 0.482. The monoisotopic (exact) mass is 255 g/mol. The van der Waals surface area contributed by atoms with Crippen LogP contribution >= 0.6 is 11.3 Å². The van der Waals surface area contributed by atoms with Crippen LogP contribution in [0, 0.1) is 0 Å². The van der Waals surface area contributed by atoms with Gasteiger partial charge < -0.3 is 15.0 Å². The third-order valence-corrected chi connectivity index (χ3v) is 3.42. The number of rotatable bonds is 5. The summed E-state index contributed by atoms with van der Waals surface area (Å²) in [6.07, 6.45) is 2.34. The fourth-order valence-electron chi connectivity index (χ4n) is 1.70. The zero-order valence-electron chi connectivity index (χ0n) is 9.72. The molecule has 1 aliphatic rings. The Labute approximate surface area is 105 Å². The molecule has 2 heterocycles. The number of ether oxygens (including phenoxy) is 1. The Kier molecular flexibility index (Phi) is 4.90. The number of carbonyl (C=O) groups excluding carboxylic acids is 1. The van der Waals surface area contributed by atoms with Crippen molar-refractivity contribution in [2.75, 3.05) is 32.8 Å². The van der Waals surface area contributed by atoms with E-state index in [9.17, 15) is 4.79 Å². The third kappa shape index (κ3) is 4.07. The normalized spacial score (nSPS) is 16.1. The lowest BCUT2D eigenvalue weighted by Crippen LogP contribution is -2.41. The maximum absolute atomic E-state index is 11.8. The Morgan fingerprint density at radius 2 is 2.35 bits per heavy atom. The van der Waals surface area contributed by atoms with Gasteiger partial charge in [0.15, 0.2) is 0 Å². The van der Waals surface area contributed by atoms with E-state index in [2.05, 4.69) is 10.3 Å². The van der Waals surface area contributed by atoms with Gasteiger partial charge in [0.25, 0.3) is 0 Å². The van der Waals surface area contributed by atoms with E-state index in [-0.39, 0.29) is 5.91 Å². The maximum Gasteiger partial charge on any atom is 0.224 e. The van der Waals surface area contributed by atoms with Crippen molar-refractivity contribution in [2.45, 2.75) is 13.0 Å². The average Bonchev–Trinajstić information content (AvgIpc) is 2.88. The van der Waals surface area contributed by atoms with Gasteiger partial charge in [0.2, 0.25) is 5.91 Å². The van der Waals surface area contributed by atoms with Gasteiger partial charge in [-0.05, 0) is 0 Å². The van der Waals surface area contributed by atoms with Gasteiger partial charge in [-0.3, -0.25) is 4.79 Å². The minimum Gasteiger partial charge on any atom is -0.378 e. The average molecular weight is 255 g/mol. The van der Waals surface area contributed by atoms with Crippen molar-refractivity contribution in [3.63, 3.8) is 0 Å². The SMILES string of the molecule is O=C(CCNCc1nccs1)N1CCOCC1. The second kappa shape index (κ2) is 6.68. The Balaban J connectivity index is 1.59. The predicted molar refractivity (Wildman–Crippen MR) is 65.8 cm³/mol. The van der Waals surface area contributed by atoms with Gasteiger partial charge in [-0.2, -0.15) is 0 Å². The van der Waals surface area contributed by atoms with E-state index in [0.717, 1.165) is 24.6 Å². The van der Waals surface area contributed by atoms with Crippen LogP contribution in [-0.4, -0.2) is 48.6 Å². The van der Waals surface area contributed by atoms with Crippen LogP contribution in [0.4, 0.5) is 0 Å². The molecule has 1 aromatic heterocycles. The molecule has 0 atom stereocenters. The van der Waals surface area contributed by atoms with Crippen molar-refractivity contribution >= 4 is 17.2 Å². The summed E-state index contributed by atoms with van der Waals surface area (Å²) < 4.78 is 5.21. The first-order valence-electron chi connectivity index (χ1n) is 5.81. The first kappa shape index (κ1) is 12.5. The van der Waals surface area contributed by atoms with Crippen molar-refractivity contribution in [1.29, 1.82) is 0 Å². The van der Waals surface area contributed by atoms with Crippen molar-refractivity contribution in [3.05, 3.63) is 16.6 Å². The molecule has 1 aromatic rings. The van der Waals surface area contributed by atoms with Crippen LogP contribution in [0.3, 0.4) is 0 Å². The molecule has 94 valence electrons. The Morgan fingerprint density at radius 3 is 3.06 bits per heavy atom. The molecular formula is C11H17N3O2S. The molecule has 0 aromatic carbocycles. The number of nitrogens with zero attached hydrogens (tertiary/aromatic N) is 2. The number of thiazole rings is 1. The molecule has 0 saturated carbocycles. The molecule has 0 bridgehead atoms. The highest BCUT2D eigenvalue weighted by molar-refractivity contribution is 7.09. The summed E-state index contributed by atoms with van der Waals surface area (Å²) in [4.78, 5) is 17.8. The topological polar surface area (TPSA) is 54.5 Å². The summed E-state index contributed by atoms with van der Waals surface area (Å²) >= 11 is 1.62. The fourth-order valence-corrected chi connectivity index (χ4v) is 2.29. The minimum atomic E-state index is 0.208. The standard InChI is InChI=1S/C11H17N3O2S/c15-11(14-4-6-16-7-5-14)1-2-12-9-10-13-3-8-17-10/h3,8,12H,1-2,4-7,9H2. The highest BCUT2D eigenvalue weighted by Crippen LogP contribution is 2.03. The van der Waals surface area contributed by atoms with E-state index in [1.807, 2.05) is 10.3 Å². The van der Waals surface area contributed by atoms with Gasteiger partial charge in [0, 0.05) is 44.2 Å². The van der Waals surface area contributed by atoms with Crippen LogP contribution in [-0.2, 0) is 16.1 Å². The number of morpholine rings is 1.